The van der Waals surface area contributed by atoms with Gasteiger partial charge in [0.1, 0.15) is 11.5 Å². The third kappa shape index (κ3) is 10.3. The fourth-order valence-corrected chi connectivity index (χ4v) is 7.62. The smallest absolute Gasteiger partial charge is 0.407 e. The normalized spacial score (nSPS) is 23.1. The van der Waals surface area contributed by atoms with Crippen molar-refractivity contribution < 1.29 is 34.0 Å². The molecule has 260 valence electrons. The van der Waals surface area contributed by atoms with Gasteiger partial charge < -0.3 is 34.6 Å². The summed E-state index contributed by atoms with van der Waals surface area (Å²) >= 11 is 0. The van der Waals surface area contributed by atoms with E-state index < -0.39 is 31.9 Å². The predicted molar refractivity (Wildman–Crippen MR) is 186 cm³/mol. The van der Waals surface area contributed by atoms with Gasteiger partial charge in [-0.2, -0.15) is 0 Å². The van der Waals surface area contributed by atoms with Crippen LogP contribution in [0.5, 0.6) is 11.5 Å². The maximum absolute atomic E-state index is 14.0. The summed E-state index contributed by atoms with van der Waals surface area (Å²) in [6, 6.07) is 15.9. The largest absolute Gasteiger partial charge is 0.457 e. The first-order chi connectivity index (χ1) is 22.4. The molecule has 10 heteroatoms. The van der Waals surface area contributed by atoms with Crippen LogP contribution in [0.3, 0.4) is 0 Å². The number of methoxy groups -OCH3 is 1. The van der Waals surface area contributed by atoms with E-state index in [4.69, 9.17) is 14.2 Å². The van der Waals surface area contributed by atoms with Gasteiger partial charge in [-0.25, -0.2) is 4.79 Å². The average Bonchev–Trinajstić information content (AvgIpc) is 3.04. The fourth-order valence-electron chi connectivity index (χ4n) is 6.90. The summed E-state index contributed by atoms with van der Waals surface area (Å²) in [6.45, 7) is 10.7. The molecule has 2 aliphatic rings. The van der Waals surface area contributed by atoms with Gasteiger partial charge in [-0.05, 0) is 82.0 Å². The maximum atomic E-state index is 14.0. The molecule has 1 aliphatic carbocycles. The number of carbonyl (C=O) groups excluding carboxylic acids is 2. The van der Waals surface area contributed by atoms with Crippen molar-refractivity contribution in [3.63, 3.8) is 0 Å². The number of piperidine rings is 1. The van der Waals surface area contributed by atoms with Gasteiger partial charge in [-0.15, -0.1) is 0 Å². The van der Waals surface area contributed by atoms with E-state index in [9.17, 15) is 19.8 Å². The van der Waals surface area contributed by atoms with Gasteiger partial charge in [-0.3, -0.25) is 4.79 Å². The second-order valence-electron chi connectivity index (χ2n) is 14.6. The zero-order valence-electron chi connectivity index (χ0n) is 29.0. The average molecular weight is 669 g/mol. The summed E-state index contributed by atoms with van der Waals surface area (Å²) in [5.74, 6) is 0.854. The highest BCUT2D eigenvalue weighted by molar-refractivity contribution is 6.76. The molecule has 1 aliphatic heterocycles. The van der Waals surface area contributed by atoms with Gasteiger partial charge in [0.15, 0.2) is 0 Å². The van der Waals surface area contributed by atoms with Crippen molar-refractivity contribution >= 4 is 20.1 Å². The van der Waals surface area contributed by atoms with Crippen LogP contribution in [0.2, 0.25) is 25.7 Å². The van der Waals surface area contributed by atoms with E-state index in [1.807, 2.05) is 60.4 Å². The number of aliphatic hydroxyl groups is 2. The molecule has 1 saturated heterocycles. The van der Waals surface area contributed by atoms with E-state index in [2.05, 4.69) is 25.0 Å². The van der Waals surface area contributed by atoms with E-state index in [1.54, 1.807) is 7.11 Å². The van der Waals surface area contributed by atoms with E-state index in [0.29, 0.717) is 57.7 Å². The summed E-state index contributed by atoms with van der Waals surface area (Å²) in [4.78, 5) is 28.4. The molecule has 0 bridgehead atoms. The summed E-state index contributed by atoms with van der Waals surface area (Å²) < 4.78 is 17.1. The number of rotatable bonds is 14. The monoisotopic (exact) mass is 668 g/mol. The minimum absolute atomic E-state index is 0.0201. The molecule has 1 saturated carbocycles. The van der Waals surface area contributed by atoms with E-state index in [-0.39, 0.29) is 17.7 Å². The van der Waals surface area contributed by atoms with Crippen molar-refractivity contribution in [3.05, 3.63) is 59.7 Å². The second-order valence-corrected chi connectivity index (χ2v) is 20.3. The summed E-state index contributed by atoms with van der Waals surface area (Å²) in [5, 5.41) is 26.2. The minimum Gasteiger partial charge on any atom is -0.457 e. The topological polar surface area (TPSA) is 118 Å². The van der Waals surface area contributed by atoms with Crippen LogP contribution < -0.4 is 10.1 Å². The molecule has 0 radical (unpaired) electrons. The van der Waals surface area contributed by atoms with Crippen molar-refractivity contribution in [2.75, 3.05) is 33.4 Å². The van der Waals surface area contributed by atoms with Crippen LogP contribution in [0.1, 0.15) is 62.5 Å². The first-order valence-electron chi connectivity index (χ1n) is 17.4. The lowest BCUT2D eigenvalue weighted by Gasteiger charge is -2.44. The molecule has 2 aromatic rings. The molecule has 5 atom stereocenters. The zero-order chi connectivity index (χ0) is 34.0. The van der Waals surface area contributed by atoms with Crippen LogP contribution in [0.15, 0.2) is 48.5 Å². The Morgan fingerprint density at radius 1 is 1.00 bits per heavy atom. The van der Waals surface area contributed by atoms with Gasteiger partial charge in [0.25, 0.3) is 0 Å². The molecule has 4 rings (SSSR count). The van der Waals surface area contributed by atoms with E-state index in [1.165, 1.54) is 0 Å². The Labute approximate surface area is 282 Å². The van der Waals surface area contributed by atoms with Crippen molar-refractivity contribution in [1.82, 2.24) is 10.2 Å². The minimum atomic E-state index is -1.35. The fraction of sp³-hybridized carbons (Fsp3) is 0.622. The quantitative estimate of drug-likeness (QED) is 0.153. The second kappa shape index (κ2) is 17.0. The van der Waals surface area contributed by atoms with E-state index in [0.717, 1.165) is 48.6 Å². The number of ether oxygens (including phenoxy) is 3. The zero-order valence-corrected chi connectivity index (χ0v) is 30.0. The first-order valence-corrected chi connectivity index (χ1v) is 21.1. The highest BCUT2D eigenvalue weighted by Gasteiger charge is 2.44. The number of aliphatic hydroxyl groups excluding tert-OH is 1. The van der Waals surface area contributed by atoms with Crippen LogP contribution in [-0.2, 0) is 19.9 Å². The van der Waals surface area contributed by atoms with Crippen molar-refractivity contribution in [2.45, 2.75) is 102 Å². The molecule has 2 amide bonds. The number of likely N-dealkylation sites (tertiary alicyclic amines) is 1. The molecule has 2 aromatic carbocycles. The highest BCUT2D eigenvalue weighted by atomic mass is 28.3. The standard InChI is InChI=1S/C37H56N2O7Si/c1-27-13-6-8-16-33(27)46-34-17-9-7-15-30(34)37(43,20-10-11-22-44-2)29-14-12-21-39(26-29)35(41)28-18-19-32(40)31(25-28)38-36(42)45-23-24-47(3,4)5/h6-9,13,15-17,28-29,31-32,40,43H,10-12,14,18-26H2,1-5H3,(H,38,42)/t28?,29-,31+,32-,37+/m1/s1. The van der Waals surface area contributed by atoms with Gasteiger partial charge in [0.05, 0.1) is 24.4 Å². The molecule has 0 aromatic heterocycles. The number of nitrogens with zero attached hydrogens (tertiary/aromatic N) is 1. The number of carbonyl (C=O) groups is 2. The van der Waals surface area contributed by atoms with Gasteiger partial charge in [-0.1, -0.05) is 56.0 Å². The summed E-state index contributed by atoms with van der Waals surface area (Å²) in [6.07, 6.45) is 3.72. The molecule has 47 heavy (non-hydrogen) atoms. The molecular weight excluding hydrogens is 613 g/mol. The van der Waals surface area contributed by atoms with Crippen molar-refractivity contribution in [1.29, 1.82) is 0 Å². The molecular formula is C37H56N2O7Si. The number of aryl methyl sites for hydroxylation is 1. The molecule has 9 nitrogen and oxygen atoms in total. The number of hydrogen-bond donors (Lipinski definition) is 3. The lowest BCUT2D eigenvalue weighted by molar-refractivity contribution is -0.143. The highest BCUT2D eigenvalue weighted by Crippen LogP contribution is 2.45. The Morgan fingerprint density at radius 3 is 2.45 bits per heavy atom. The lowest BCUT2D eigenvalue weighted by Crippen LogP contribution is -2.53. The molecule has 2 fully saturated rings. The Hall–Kier alpha value is -2.92. The summed E-state index contributed by atoms with van der Waals surface area (Å²) in [5.41, 5.74) is 0.515. The number of alkyl carbamates (subject to hydrolysis) is 1. The number of hydrogen-bond acceptors (Lipinski definition) is 7. The Morgan fingerprint density at radius 2 is 1.72 bits per heavy atom. The number of benzene rings is 2. The lowest BCUT2D eigenvalue weighted by atomic mass is 9.73. The summed E-state index contributed by atoms with van der Waals surface area (Å²) in [7, 11) is 0.338. The third-order valence-electron chi connectivity index (χ3n) is 9.78. The predicted octanol–water partition coefficient (Wildman–Crippen LogP) is 6.62. The van der Waals surface area contributed by atoms with Crippen LogP contribution in [-0.4, -0.2) is 80.7 Å². The SMILES string of the molecule is COCCCC[C@@](O)(c1ccccc1Oc1ccccc1C)[C@@H]1CCCN(C(=O)C2CC[C@@H](O)[C@@H](NC(=O)OCC[Si](C)(C)C)C2)C1. The number of amides is 2. The van der Waals surface area contributed by atoms with Gasteiger partial charge >= 0.3 is 6.09 Å². The van der Waals surface area contributed by atoms with Crippen LogP contribution >= 0.6 is 0 Å². The Bertz CT molecular complexity index is 1320. The van der Waals surface area contributed by atoms with Crippen LogP contribution in [0.4, 0.5) is 4.79 Å². The maximum Gasteiger partial charge on any atom is 0.407 e. The first kappa shape index (κ1) is 36.9. The van der Waals surface area contributed by atoms with Crippen molar-refractivity contribution in [3.8, 4) is 11.5 Å². The molecule has 1 heterocycles. The molecule has 1 unspecified atom stereocenters. The number of nitrogens with one attached hydrogen (secondary N) is 1. The third-order valence-corrected chi connectivity index (χ3v) is 11.5. The van der Waals surface area contributed by atoms with Crippen LogP contribution in [0.25, 0.3) is 0 Å². The van der Waals surface area contributed by atoms with Gasteiger partial charge in [0.2, 0.25) is 5.91 Å². The van der Waals surface area contributed by atoms with Crippen LogP contribution in [0, 0.1) is 18.8 Å². The number of para-hydroxylation sites is 2. The number of unbranched alkanes of at least 4 members (excludes halogenated alkanes) is 1. The van der Waals surface area contributed by atoms with E-state index >= 15 is 0 Å². The molecule has 0 spiro atoms. The Balaban J connectivity index is 1.49. The van der Waals surface area contributed by atoms with Gasteiger partial charge in [0, 0.05) is 52.3 Å². The van der Waals surface area contributed by atoms with Crippen molar-refractivity contribution in [2.24, 2.45) is 11.8 Å². The Kier molecular flexibility index (Phi) is 13.3. The molecule has 3 N–H and O–H groups in total.